The van der Waals surface area contributed by atoms with Crippen molar-refractivity contribution in [1.29, 1.82) is 0 Å². The molecule has 5 heteroatoms. The van der Waals surface area contributed by atoms with Gasteiger partial charge in [0.05, 0.1) is 17.8 Å². The summed E-state index contributed by atoms with van der Waals surface area (Å²) in [6.45, 7) is 2.75. The number of rotatable bonds is 2. The number of hydrogen-bond donors (Lipinski definition) is 1. The molecule has 0 saturated carbocycles. The summed E-state index contributed by atoms with van der Waals surface area (Å²) in [7, 11) is 0. The molecule has 0 saturated heterocycles. The van der Waals surface area contributed by atoms with Crippen LogP contribution in [0.3, 0.4) is 0 Å². The first kappa shape index (κ1) is 14.4. The SMILES string of the molecule is CC1(c2ccc(Cl)cc2)CN=C(N)N1c1ccccc1Br. The Balaban J connectivity index is 2.10. The first-order chi connectivity index (χ1) is 10.0. The van der Waals surface area contributed by atoms with Crippen molar-refractivity contribution in [2.45, 2.75) is 12.5 Å². The third-order valence-electron chi connectivity index (χ3n) is 3.83. The van der Waals surface area contributed by atoms with Crippen molar-refractivity contribution in [2.24, 2.45) is 10.7 Å². The van der Waals surface area contributed by atoms with Gasteiger partial charge >= 0.3 is 0 Å². The molecule has 0 radical (unpaired) electrons. The minimum Gasteiger partial charge on any atom is -0.369 e. The molecule has 0 amide bonds. The van der Waals surface area contributed by atoms with E-state index in [0.717, 1.165) is 20.7 Å². The second-order valence-corrected chi connectivity index (χ2v) is 6.53. The van der Waals surface area contributed by atoms with Gasteiger partial charge in [-0.05, 0) is 52.7 Å². The minimum atomic E-state index is -0.321. The third-order valence-corrected chi connectivity index (χ3v) is 4.75. The van der Waals surface area contributed by atoms with Crippen LogP contribution in [-0.4, -0.2) is 12.5 Å². The van der Waals surface area contributed by atoms with Gasteiger partial charge in [0.15, 0.2) is 5.96 Å². The predicted octanol–water partition coefficient (Wildman–Crippen LogP) is 4.15. The normalized spacial score (nSPS) is 21.5. The van der Waals surface area contributed by atoms with E-state index in [2.05, 4.69) is 32.7 Å². The second-order valence-electron chi connectivity index (χ2n) is 5.24. The Morgan fingerprint density at radius 3 is 2.52 bits per heavy atom. The summed E-state index contributed by atoms with van der Waals surface area (Å²) < 4.78 is 0.991. The van der Waals surface area contributed by atoms with Crippen LogP contribution in [-0.2, 0) is 5.54 Å². The van der Waals surface area contributed by atoms with Gasteiger partial charge in [0.2, 0.25) is 0 Å². The Bertz CT molecular complexity index is 699. The number of para-hydroxylation sites is 1. The molecule has 21 heavy (non-hydrogen) atoms. The Kier molecular flexibility index (Phi) is 3.68. The molecule has 3 nitrogen and oxygen atoms in total. The zero-order valence-electron chi connectivity index (χ0n) is 11.6. The summed E-state index contributed by atoms with van der Waals surface area (Å²) >= 11 is 9.59. The molecule has 1 unspecified atom stereocenters. The maximum atomic E-state index is 6.15. The third kappa shape index (κ3) is 2.43. The largest absolute Gasteiger partial charge is 0.369 e. The van der Waals surface area contributed by atoms with E-state index in [1.807, 2.05) is 48.5 Å². The first-order valence-electron chi connectivity index (χ1n) is 6.63. The molecule has 2 N–H and O–H groups in total. The predicted molar refractivity (Wildman–Crippen MR) is 91.9 cm³/mol. The van der Waals surface area contributed by atoms with Gasteiger partial charge in [-0.2, -0.15) is 0 Å². The fraction of sp³-hybridized carbons (Fsp3) is 0.188. The quantitative estimate of drug-likeness (QED) is 0.869. The second kappa shape index (κ2) is 5.35. The van der Waals surface area contributed by atoms with E-state index in [1.54, 1.807) is 0 Å². The monoisotopic (exact) mass is 363 g/mol. The number of nitrogens with two attached hydrogens (primary N) is 1. The van der Waals surface area contributed by atoms with Gasteiger partial charge in [-0.3, -0.25) is 9.89 Å². The van der Waals surface area contributed by atoms with Crippen LogP contribution in [0.4, 0.5) is 5.69 Å². The van der Waals surface area contributed by atoms with Crippen molar-refractivity contribution in [1.82, 2.24) is 0 Å². The summed E-state index contributed by atoms with van der Waals surface area (Å²) in [4.78, 5) is 6.52. The smallest absolute Gasteiger partial charge is 0.196 e. The number of hydrogen-bond acceptors (Lipinski definition) is 3. The van der Waals surface area contributed by atoms with Crippen LogP contribution in [0, 0.1) is 0 Å². The average Bonchev–Trinajstić information content (AvgIpc) is 2.77. The topological polar surface area (TPSA) is 41.6 Å². The summed E-state index contributed by atoms with van der Waals surface area (Å²) in [5, 5.41) is 0.724. The van der Waals surface area contributed by atoms with Crippen LogP contribution in [0.1, 0.15) is 12.5 Å². The Morgan fingerprint density at radius 2 is 1.86 bits per heavy atom. The summed E-state index contributed by atoms with van der Waals surface area (Å²) in [5.41, 5.74) is 7.97. The van der Waals surface area contributed by atoms with Crippen LogP contribution < -0.4 is 10.6 Å². The highest BCUT2D eigenvalue weighted by Crippen LogP contribution is 2.39. The lowest BCUT2D eigenvalue weighted by molar-refractivity contribution is 0.532. The van der Waals surface area contributed by atoms with Crippen molar-refractivity contribution >= 4 is 39.2 Å². The Labute approximate surface area is 137 Å². The molecule has 1 aliphatic rings. The van der Waals surface area contributed by atoms with Gasteiger partial charge in [-0.15, -0.1) is 0 Å². The van der Waals surface area contributed by atoms with E-state index < -0.39 is 0 Å². The van der Waals surface area contributed by atoms with Crippen LogP contribution in [0.25, 0.3) is 0 Å². The molecule has 0 fully saturated rings. The number of guanidine groups is 1. The van der Waals surface area contributed by atoms with Crippen LogP contribution in [0.5, 0.6) is 0 Å². The number of anilines is 1. The molecule has 1 heterocycles. The molecule has 3 rings (SSSR count). The lowest BCUT2D eigenvalue weighted by Gasteiger charge is -2.37. The van der Waals surface area contributed by atoms with E-state index in [0.29, 0.717) is 12.5 Å². The molecular formula is C16H15BrClN3. The fourth-order valence-corrected chi connectivity index (χ4v) is 3.27. The number of halogens is 2. The van der Waals surface area contributed by atoms with E-state index in [1.165, 1.54) is 0 Å². The van der Waals surface area contributed by atoms with Gasteiger partial charge in [0.25, 0.3) is 0 Å². The fourth-order valence-electron chi connectivity index (χ4n) is 2.68. The number of nitrogens with zero attached hydrogens (tertiary/aromatic N) is 2. The van der Waals surface area contributed by atoms with E-state index in [4.69, 9.17) is 17.3 Å². The Morgan fingerprint density at radius 1 is 1.19 bits per heavy atom. The lowest BCUT2D eigenvalue weighted by Crippen LogP contribution is -2.47. The number of aliphatic imine (C=N–C) groups is 1. The van der Waals surface area contributed by atoms with Crippen molar-refractivity contribution in [2.75, 3.05) is 11.4 Å². The minimum absolute atomic E-state index is 0.321. The maximum absolute atomic E-state index is 6.15. The summed E-state index contributed by atoms with van der Waals surface area (Å²) in [6, 6.07) is 15.9. The standard InChI is InChI=1S/C16H15BrClN3/c1-16(11-6-8-12(18)9-7-11)10-20-15(19)21(16)14-5-3-2-4-13(14)17/h2-9H,10H2,1H3,(H2,19,20). The van der Waals surface area contributed by atoms with Gasteiger partial charge < -0.3 is 5.73 Å². The lowest BCUT2D eigenvalue weighted by atomic mass is 9.90. The molecule has 1 aliphatic heterocycles. The van der Waals surface area contributed by atoms with Crippen molar-refractivity contribution in [3.8, 4) is 0 Å². The van der Waals surface area contributed by atoms with Crippen LogP contribution in [0.15, 0.2) is 58.0 Å². The number of benzene rings is 2. The van der Waals surface area contributed by atoms with Crippen LogP contribution >= 0.6 is 27.5 Å². The summed E-state index contributed by atoms with van der Waals surface area (Å²) in [5.74, 6) is 0.527. The van der Waals surface area contributed by atoms with Crippen molar-refractivity contribution in [3.05, 3.63) is 63.6 Å². The average molecular weight is 365 g/mol. The van der Waals surface area contributed by atoms with Gasteiger partial charge in [0.1, 0.15) is 0 Å². The molecule has 2 aromatic rings. The van der Waals surface area contributed by atoms with Gasteiger partial charge in [-0.1, -0.05) is 35.9 Å². The Hall–Kier alpha value is -1.52. The van der Waals surface area contributed by atoms with Crippen molar-refractivity contribution < 1.29 is 0 Å². The van der Waals surface area contributed by atoms with Gasteiger partial charge in [0, 0.05) is 9.50 Å². The zero-order chi connectivity index (χ0) is 15.0. The maximum Gasteiger partial charge on any atom is 0.196 e. The molecule has 0 bridgehead atoms. The highest BCUT2D eigenvalue weighted by molar-refractivity contribution is 9.10. The summed E-state index contributed by atoms with van der Waals surface area (Å²) in [6.07, 6.45) is 0. The molecule has 2 aromatic carbocycles. The zero-order valence-corrected chi connectivity index (χ0v) is 13.9. The molecule has 0 spiro atoms. The molecule has 1 atom stereocenters. The highest BCUT2D eigenvalue weighted by atomic mass is 79.9. The van der Waals surface area contributed by atoms with Crippen molar-refractivity contribution in [3.63, 3.8) is 0 Å². The highest BCUT2D eigenvalue weighted by Gasteiger charge is 2.41. The van der Waals surface area contributed by atoms with E-state index >= 15 is 0 Å². The van der Waals surface area contributed by atoms with Crippen LogP contribution in [0.2, 0.25) is 5.02 Å². The molecular weight excluding hydrogens is 350 g/mol. The van der Waals surface area contributed by atoms with Gasteiger partial charge in [-0.25, -0.2) is 0 Å². The molecule has 0 aliphatic carbocycles. The molecule has 0 aromatic heterocycles. The van der Waals surface area contributed by atoms with E-state index in [9.17, 15) is 0 Å². The first-order valence-corrected chi connectivity index (χ1v) is 7.80. The van der Waals surface area contributed by atoms with E-state index in [-0.39, 0.29) is 5.54 Å². The molecule has 108 valence electrons.